The number of ether oxygens (including phenoxy) is 2. The van der Waals surface area contributed by atoms with Gasteiger partial charge in [-0.15, -0.1) is 0 Å². The molecule has 1 saturated carbocycles. The van der Waals surface area contributed by atoms with Crippen LogP contribution in [-0.4, -0.2) is 54.2 Å². The third kappa shape index (κ3) is 11.4. The highest BCUT2D eigenvalue weighted by Crippen LogP contribution is 2.39. The smallest absolute Gasteiger partial charge is 0.490 e. The number of hydrogen-bond acceptors (Lipinski definition) is 6. The Morgan fingerprint density at radius 1 is 0.977 bits per heavy atom. The van der Waals surface area contributed by atoms with Crippen LogP contribution in [-0.2, 0) is 25.3 Å². The lowest BCUT2D eigenvalue weighted by atomic mass is 9.94. The highest BCUT2D eigenvalue weighted by atomic mass is 19.4. The summed E-state index contributed by atoms with van der Waals surface area (Å²) in [5.41, 5.74) is 5.61. The standard InChI is InChI=1S/C26H31F3N4O4.C2HF3O2/c1-15(32-23(34)14-24(35)33-18-6-3-16(4-7-18)25(30)31)17-5-12-22(21(13-17)26(27,28)29)37-20-10-8-19(36-2)9-11-20;3-2(4,5)1(6)7/h3-7,12-13,15,19-20H,8-11,14H2,1-2H3,(H3,30,31)(H,32,34)(H,33,35);(H,6,7). The number of nitrogen functional groups attached to an aromatic ring is 1. The fraction of sp³-hybridized carbons (Fsp3) is 0.429. The van der Waals surface area contributed by atoms with Gasteiger partial charge in [-0.25, -0.2) is 4.79 Å². The molecule has 1 unspecified atom stereocenters. The number of carboxylic acids is 1. The van der Waals surface area contributed by atoms with Gasteiger partial charge in [-0.3, -0.25) is 15.0 Å². The summed E-state index contributed by atoms with van der Waals surface area (Å²) >= 11 is 0. The van der Waals surface area contributed by atoms with Crippen LogP contribution >= 0.6 is 0 Å². The van der Waals surface area contributed by atoms with Crippen LogP contribution in [0.3, 0.4) is 0 Å². The van der Waals surface area contributed by atoms with Crippen molar-refractivity contribution in [3.63, 3.8) is 0 Å². The van der Waals surface area contributed by atoms with Crippen molar-refractivity contribution in [2.24, 2.45) is 5.73 Å². The number of aliphatic carboxylic acids is 1. The predicted molar refractivity (Wildman–Crippen MR) is 146 cm³/mol. The maximum Gasteiger partial charge on any atom is 0.490 e. The van der Waals surface area contributed by atoms with E-state index in [4.69, 9.17) is 30.5 Å². The van der Waals surface area contributed by atoms with E-state index in [1.54, 1.807) is 38.3 Å². The molecule has 1 aliphatic rings. The minimum absolute atomic E-state index is 0.100. The Kier molecular flexibility index (Phi) is 12.6. The van der Waals surface area contributed by atoms with E-state index in [2.05, 4.69) is 10.6 Å². The number of anilines is 1. The Morgan fingerprint density at radius 2 is 1.52 bits per heavy atom. The highest BCUT2D eigenvalue weighted by molar-refractivity contribution is 6.04. The second-order valence-corrected chi connectivity index (χ2v) is 9.81. The van der Waals surface area contributed by atoms with E-state index >= 15 is 0 Å². The Morgan fingerprint density at radius 3 is 2.00 bits per heavy atom. The van der Waals surface area contributed by atoms with E-state index in [9.17, 15) is 35.9 Å². The summed E-state index contributed by atoms with van der Waals surface area (Å²) in [6, 6.07) is 9.14. The van der Waals surface area contributed by atoms with Crippen LogP contribution in [0, 0.1) is 5.41 Å². The van der Waals surface area contributed by atoms with Crippen LogP contribution in [0.2, 0.25) is 0 Å². The van der Waals surface area contributed by atoms with Gasteiger partial charge in [0.2, 0.25) is 11.8 Å². The second-order valence-electron chi connectivity index (χ2n) is 9.81. The van der Waals surface area contributed by atoms with Crippen molar-refractivity contribution in [1.29, 1.82) is 5.41 Å². The number of nitrogens with two attached hydrogens (primary N) is 1. The van der Waals surface area contributed by atoms with Gasteiger partial charge >= 0.3 is 18.3 Å². The second kappa shape index (κ2) is 15.4. The van der Waals surface area contributed by atoms with Gasteiger partial charge in [0.25, 0.3) is 0 Å². The van der Waals surface area contributed by atoms with E-state index < -0.39 is 48.2 Å². The summed E-state index contributed by atoms with van der Waals surface area (Å²) in [5.74, 6) is -4.36. The minimum Gasteiger partial charge on any atom is -0.490 e. The summed E-state index contributed by atoms with van der Waals surface area (Å²) in [7, 11) is 1.62. The van der Waals surface area contributed by atoms with Gasteiger partial charge in [0.05, 0.1) is 23.8 Å². The van der Waals surface area contributed by atoms with Crippen LogP contribution < -0.4 is 21.1 Å². The van der Waals surface area contributed by atoms with E-state index in [1.165, 1.54) is 12.1 Å². The molecule has 6 N–H and O–H groups in total. The number of carbonyl (C=O) groups is 3. The lowest BCUT2D eigenvalue weighted by Gasteiger charge is -2.29. The first-order valence-electron chi connectivity index (χ1n) is 13.1. The predicted octanol–water partition coefficient (Wildman–Crippen LogP) is 5.17. The number of amidine groups is 1. The van der Waals surface area contributed by atoms with E-state index in [0.29, 0.717) is 24.1 Å². The SMILES string of the molecule is COC1CCC(Oc2ccc(C(C)NC(=O)CC(=O)Nc3ccc(C(=N)N)cc3)cc2C(F)(F)F)CC1.O=C(O)C(F)(F)F. The number of alkyl halides is 6. The molecule has 1 aliphatic carbocycles. The summed E-state index contributed by atoms with van der Waals surface area (Å²) in [4.78, 5) is 33.5. The third-order valence-electron chi connectivity index (χ3n) is 6.48. The van der Waals surface area contributed by atoms with Crippen molar-refractivity contribution in [3.05, 3.63) is 59.2 Å². The molecule has 0 saturated heterocycles. The van der Waals surface area contributed by atoms with Gasteiger partial charge in [-0.2, -0.15) is 26.3 Å². The zero-order valence-electron chi connectivity index (χ0n) is 23.6. The normalized spacial score (nSPS) is 17.4. The maximum absolute atomic E-state index is 13.8. The molecule has 1 atom stereocenters. The molecule has 0 spiro atoms. The van der Waals surface area contributed by atoms with Gasteiger partial charge in [-0.05, 0) is 74.6 Å². The third-order valence-corrected chi connectivity index (χ3v) is 6.48. The van der Waals surface area contributed by atoms with Crippen molar-refractivity contribution in [2.75, 3.05) is 12.4 Å². The van der Waals surface area contributed by atoms with Crippen molar-refractivity contribution in [2.45, 2.75) is 69.6 Å². The first-order chi connectivity index (χ1) is 20.4. The number of carbonyl (C=O) groups excluding carboxylic acids is 2. The number of nitrogens with one attached hydrogen (secondary N) is 3. The number of carboxylic acid groups (broad SMARTS) is 1. The fourth-order valence-corrected chi connectivity index (χ4v) is 4.17. The number of hydrogen-bond donors (Lipinski definition) is 5. The lowest BCUT2D eigenvalue weighted by molar-refractivity contribution is -0.192. The molecule has 44 heavy (non-hydrogen) atoms. The van der Waals surface area contributed by atoms with Crippen molar-refractivity contribution in [1.82, 2.24) is 5.32 Å². The van der Waals surface area contributed by atoms with Crippen LogP contribution in [0.25, 0.3) is 0 Å². The summed E-state index contributed by atoms with van der Waals surface area (Å²) < 4.78 is 84.2. The van der Waals surface area contributed by atoms with Crippen molar-refractivity contribution >= 4 is 29.3 Å². The molecule has 0 heterocycles. The number of benzene rings is 2. The molecule has 16 heteroatoms. The molecule has 10 nitrogen and oxygen atoms in total. The largest absolute Gasteiger partial charge is 0.490 e. The van der Waals surface area contributed by atoms with Crippen LogP contribution in [0.15, 0.2) is 42.5 Å². The van der Waals surface area contributed by atoms with Crippen molar-refractivity contribution < 1.29 is 55.3 Å². The number of amides is 2. The van der Waals surface area contributed by atoms with Crippen LogP contribution in [0.1, 0.15) is 61.8 Å². The topological polar surface area (TPSA) is 164 Å². The zero-order chi connectivity index (χ0) is 33.2. The molecule has 242 valence electrons. The molecule has 0 aromatic heterocycles. The van der Waals surface area contributed by atoms with E-state index in [-0.39, 0.29) is 29.4 Å². The Bertz CT molecular complexity index is 1310. The minimum atomic E-state index is -5.08. The molecule has 2 amide bonds. The summed E-state index contributed by atoms with van der Waals surface area (Å²) in [6.45, 7) is 1.54. The molecule has 0 radical (unpaired) electrons. The van der Waals surface area contributed by atoms with E-state index in [0.717, 1.165) is 18.9 Å². The van der Waals surface area contributed by atoms with Gasteiger partial charge in [-0.1, -0.05) is 6.07 Å². The molecule has 0 bridgehead atoms. The monoisotopic (exact) mass is 634 g/mol. The summed E-state index contributed by atoms with van der Waals surface area (Å²) in [5, 5.41) is 19.6. The molecule has 1 fully saturated rings. The van der Waals surface area contributed by atoms with Gasteiger partial charge in [0.15, 0.2) is 0 Å². The molecular formula is C28H32F6N4O6. The molecule has 3 rings (SSSR count). The average Bonchev–Trinajstić information content (AvgIpc) is 2.93. The molecular weight excluding hydrogens is 602 g/mol. The first-order valence-corrected chi connectivity index (χ1v) is 13.1. The quantitative estimate of drug-likeness (QED) is 0.110. The van der Waals surface area contributed by atoms with Crippen LogP contribution in [0.5, 0.6) is 5.75 Å². The number of halogens is 6. The molecule has 2 aromatic carbocycles. The van der Waals surface area contributed by atoms with Gasteiger partial charge < -0.3 is 30.9 Å². The number of methoxy groups -OCH3 is 1. The van der Waals surface area contributed by atoms with E-state index in [1.807, 2.05) is 0 Å². The lowest BCUT2D eigenvalue weighted by Crippen LogP contribution is -2.30. The molecule has 2 aromatic rings. The van der Waals surface area contributed by atoms with Gasteiger partial charge in [0.1, 0.15) is 18.0 Å². The number of rotatable bonds is 9. The Labute approximate surface area is 248 Å². The average molecular weight is 635 g/mol. The first kappa shape index (κ1) is 35.9. The van der Waals surface area contributed by atoms with Gasteiger partial charge in [0, 0.05) is 18.4 Å². The summed E-state index contributed by atoms with van der Waals surface area (Å²) in [6.07, 6.45) is -7.81. The maximum atomic E-state index is 13.8. The fourth-order valence-electron chi connectivity index (χ4n) is 4.17. The molecule has 0 aliphatic heterocycles. The van der Waals surface area contributed by atoms with Crippen LogP contribution in [0.4, 0.5) is 32.0 Å². The van der Waals surface area contributed by atoms with Crippen molar-refractivity contribution in [3.8, 4) is 5.75 Å². The Hall–Kier alpha value is -4.34. The Balaban J connectivity index is 0.000000860. The highest BCUT2D eigenvalue weighted by Gasteiger charge is 2.38. The zero-order valence-corrected chi connectivity index (χ0v) is 23.6.